The molecule has 2 rings (SSSR count). The van der Waals surface area contributed by atoms with Crippen molar-refractivity contribution in [3.63, 3.8) is 0 Å². The van der Waals surface area contributed by atoms with Gasteiger partial charge in [0.2, 0.25) is 0 Å². The number of benzene rings is 1. The molecule has 0 bridgehead atoms. The maximum absolute atomic E-state index is 11.2. The molecule has 4 nitrogen and oxygen atoms in total. The molecule has 0 spiro atoms. The van der Waals surface area contributed by atoms with E-state index in [1.54, 1.807) is 19.1 Å². The van der Waals surface area contributed by atoms with Gasteiger partial charge in [0.15, 0.2) is 0 Å². The van der Waals surface area contributed by atoms with E-state index in [0.717, 1.165) is 11.2 Å². The van der Waals surface area contributed by atoms with E-state index in [4.69, 9.17) is 5.11 Å². The summed E-state index contributed by atoms with van der Waals surface area (Å²) in [6.45, 7) is 4.41. The van der Waals surface area contributed by atoms with Gasteiger partial charge in [-0.25, -0.2) is 4.79 Å². The molecule has 0 amide bonds. The maximum Gasteiger partial charge on any atom is 0.338 e. The molecule has 0 aliphatic heterocycles. The van der Waals surface area contributed by atoms with Crippen LogP contribution in [-0.2, 0) is 6.54 Å². The summed E-state index contributed by atoms with van der Waals surface area (Å²) in [5.41, 5.74) is 1.80. The van der Waals surface area contributed by atoms with Crippen LogP contribution in [0.25, 0.3) is 10.9 Å². The van der Waals surface area contributed by atoms with Crippen molar-refractivity contribution in [1.29, 1.82) is 0 Å². The Balaban J connectivity index is 2.91. The Morgan fingerprint density at radius 3 is 2.69 bits per heavy atom. The standard InChI is InChI=1S/C12H13NO3/c1-3-13-7(2)11(12(15)16)9-5-4-8(14)6-10(9)13/h4-6,14H,3H2,1-2H3,(H,15,16). The number of fused-ring (bicyclic) bond motifs is 1. The fourth-order valence-corrected chi connectivity index (χ4v) is 2.14. The van der Waals surface area contributed by atoms with E-state index in [2.05, 4.69) is 0 Å². The molecule has 0 saturated carbocycles. The summed E-state index contributed by atoms with van der Waals surface area (Å²) in [6, 6.07) is 4.75. The minimum Gasteiger partial charge on any atom is -0.508 e. The van der Waals surface area contributed by atoms with Crippen LogP contribution in [0.5, 0.6) is 5.75 Å². The van der Waals surface area contributed by atoms with Crippen molar-refractivity contribution >= 4 is 16.9 Å². The molecule has 1 aromatic heterocycles. The van der Waals surface area contributed by atoms with E-state index in [1.165, 1.54) is 6.07 Å². The van der Waals surface area contributed by atoms with Gasteiger partial charge in [0.05, 0.1) is 11.1 Å². The summed E-state index contributed by atoms with van der Waals surface area (Å²) in [5, 5.41) is 19.3. The van der Waals surface area contributed by atoms with E-state index in [1.807, 2.05) is 11.5 Å². The molecule has 0 radical (unpaired) electrons. The topological polar surface area (TPSA) is 62.5 Å². The van der Waals surface area contributed by atoms with E-state index < -0.39 is 5.97 Å². The number of phenols is 1. The Hall–Kier alpha value is -1.97. The minimum atomic E-state index is -0.930. The third-order valence-electron chi connectivity index (χ3n) is 2.84. The van der Waals surface area contributed by atoms with Crippen molar-refractivity contribution in [3.05, 3.63) is 29.5 Å². The minimum absolute atomic E-state index is 0.150. The van der Waals surface area contributed by atoms with E-state index in [9.17, 15) is 9.90 Å². The van der Waals surface area contributed by atoms with Gasteiger partial charge >= 0.3 is 5.97 Å². The smallest absolute Gasteiger partial charge is 0.338 e. The number of rotatable bonds is 2. The molecule has 16 heavy (non-hydrogen) atoms. The summed E-state index contributed by atoms with van der Waals surface area (Å²) in [4.78, 5) is 11.2. The van der Waals surface area contributed by atoms with E-state index in [0.29, 0.717) is 17.5 Å². The first kappa shape index (κ1) is 10.5. The molecule has 1 heterocycles. The summed E-state index contributed by atoms with van der Waals surface area (Å²) in [5.74, 6) is -0.781. The fraction of sp³-hybridized carbons (Fsp3) is 0.250. The van der Waals surface area contributed by atoms with Crippen LogP contribution in [0.4, 0.5) is 0 Å². The van der Waals surface area contributed by atoms with Gasteiger partial charge in [-0.3, -0.25) is 0 Å². The molecule has 0 aliphatic rings. The molecular formula is C12H13NO3. The van der Waals surface area contributed by atoms with Gasteiger partial charge in [-0.15, -0.1) is 0 Å². The average Bonchev–Trinajstić information content (AvgIpc) is 2.49. The number of carboxylic acid groups (broad SMARTS) is 1. The van der Waals surface area contributed by atoms with Gasteiger partial charge in [-0.05, 0) is 26.0 Å². The highest BCUT2D eigenvalue weighted by molar-refractivity contribution is 6.05. The van der Waals surface area contributed by atoms with Crippen molar-refractivity contribution in [1.82, 2.24) is 4.57 Å². The lowest BCUT2D eigenvalue weighted by molar-refractivity contribution is 0.0698. The second kappa shape index (κ2) is 3.56. The largest absolute Gasteiger partial charge is 0.508 e. The van der Waals surface area contributed by atoms with Crippen molar-refractivity contribution in [2.24, 2.45) is 0 Å². The lowest BCUT2D eigenvalue weighted by Gasteiger charge is -2.03. The Labute approximate surface area is 92.7 Å². The van der Waals surface area contributed by atoms with Crippen molar-refractivity contribution < 1.29 is 15.0 Å². The van der Waals surface area contributed by atoms with E-state index in [-0.39, 0.29) is 5.75 Å². The maximum atomic E-state index is 11.2. The van der Waals surface area contributed by atoms with Crippen molar-refractivity contribution in [2.45, 2.75) is 20.4 Å². The SMILES string of the molecule is CCn1c(C)c(C(=O)O)c2ccc(O)cc21. The first-order valence-corrected chi connectivity index (χ1v) is 5.11. The second-order valence-electron chi connectivity index (χ2n) is 3.71. The van der Waals surface area contributed by atoms with Gasteiger partial charge in [-0.1, -0.05) is 0 Å². The fourth-order valence-electron chi connectivity index (χ4n) is 2.14. The summed E-state index contributed by atoms with van der Waals surface area (Å²) < 4.78 is 1.89. The van der Waals surface area contributed by atoms with Gasteiger partial charge in [0, 0.05) is 23.7 Å². The van der Waals surface area contributed by atoms with Gasteiger partial charge in [-0.2, -0.15) is 0 Å². The average molecular weight is 219 g/mol. The third kappa shape index (κ3) is 1.34. The molecule has 0 aliphatic carbocycles. The number of hydrogen-bond donors (Lipinski definition) is 2. The van der Waals surface area contributed by atoms with Crippen LogP contribution in [0, 0.1) is 6.92 Å². The molecule has 0 fully saturated rings. The highest BCUT2D eigenvalue weighted by Gasteiger charge is 2.18. The van der Waals surface area contributed by atoms with Crippen LogP contribution in [0.3, 0.4) is 0 Å². The quantitative estimate of drug-likeness (QED) is 0.815. The molecule has 0 atom stereocenters. The zero-order valence-electron chi connectivity index (χ0n) is 9.19. The van der Waals surface area contributed by atoms with Crippen molar-refractivity contribution in [3.8, 4) is 5.75 Å². The first-order chi connectivity index (χ1) is 7.56. The van der Waals surface area contributed by atoms with E-state index >= 15 is 0 Å². The lowest BCUT2D eigenvalue weighted by atomic mass is 10.1. The van der Waals surface area contributed by atoms with Crippen LogP contribution in [0.15, 0.2) is 18.2 Å². The number of carboxylic acids is 1. The van der Waals surface area contributed by atoms with Crippen LogP contribution < -0.4 is 0 Å². The number of phenolic OH excluding ortho intramolecular Hbond substituents is 1. The number of nitrogens with zero attached hydrogens (tertiary/aromatic N) is 1. The Morgan fingerprint density at radius 1 is 1.44 bits per heavy atom. The second-order valence-corrected chi connectivity index (χ2v) is 3.71. The van der Waals surface area contributed by atoms with Crippen LogP contribution >= 0.6 is 0 Å². The molecule has 0 unspecified atom stereocenters. The zero-order valence-corrected chi connectivity index (χ0v) is 9.19. The number of aromatic nitrogens is 1. The Kier molecular flexibility index (Phi) is 2.34. The molecule has 2 aromatic rings. The van der Waals surface area contributed by atoms with Crippen LogP contribution in [-0.4, -0.2) is 20.7 Å². The third-order valence-corrected chi connectivity index (χ3v) is 2.84. The number of aromatic hydroxyl groups is 1. The van der Waals surface area contributed by atoms with Crippen molar-refractivity contribution in [2.75, 3.05) is 0 Å². The van der Waals surface area contributed by atoms with Gasteiger partial charge < -0.3 is 14.8 Å². The van der Waals surface area contributed by atoms with Crippen LogP contribution in [0.1, 0.15) is 23.0 Å². The highest BCUT2D eigenvalue weighted by atomic mass is 16.4. The highest BCUT2D eigenvalue weighted by Crippen LogP contribution is 2.28. The Bertz CT molecular complexity index is 569. The number of hydrogen-bond acceptors (Lipinski definition) is 2. The summed E-state index contributed by atoms with van der Waals surface area (Å²) in [7, 11) is 0. The molecule has 2 N–H and O–H groups in total. The summed E-state index contributed by atoms with van der Waals surface area (Å²) in [6.07, 6.45) is 0. The normalized spacial score (nSPS) is 10.9. The monoisotopic (exact) mass is 219 g/mol. The first-order valence-electron chi connectivity index (χ1n) is 5.11. The summed E-state index contributed by atoms with van der Waals surface area (Å²) >= 11 is 0. The Morgan fingerprint density at radius 2 is 2.12 bits per heavy atom. The lowest BCUT2D eigenvalue weighted by Crippen LogP contribution is -2.01. The predicted octanol–water partition coefficient (Wildman–Crippen LogP) is 2.37. The number of aryl methyl sites for hydroxylation is 1. The number of carbonyl (C=O) groups is 1. The molecule has 4 heteroatoms. The van der Waals surface area contributed by atoms with Gasteiger partial charge in [0.1, 0.15) is 5.75 Å². The number of aromatic carboxylic acids is 1. The molecule has 1 aromatic carbocycles. The zero-order chi connectivity index (χ0) is 11.9. The molecule has 84 valence electrons. The van der Waals surface area contributed by atoms with Gasteiger partial charge in [0.25, 0.3) is 0 Å². The predicted molar refractivity (Wildman–Crippen MR) is 61.0 cm³/mol. The molecule has 0 saturated heterocycles. The molecular weight excluding hydrogens is 206 g/mol. The van der Waals surface area contributed by atoms with Crippen LogP contribution in [0.2, 0.25) is 0 Å².